The van der Waals surface area contributed by atoms with Crippen LogP contribution in [0.3, 0.4) is 0 Å². The average Bonchev–Trinajstić information content (AvgIpc) is 3.21. The van der Waals surface area contributed by atoms with Gasteiger partial charge in [-0.15, -0.1) is 10.2 Å². The summed E-state index contributed by atoms with van der Waals surface area (Å²) in [5.74, 6) is 1.25. The van der Waals surface area contributed by atoms with Gasteiger partial charge in [0, 0.05) is 12.3 Å². The normalized spacial score (nSPS) is 11.0. The summed E-state index contributed by atoms with van der Waals surface area (Å²) < 4.78 is 1.95. The molecule has 2 aromatic heterocycles. The predicted molar refractivity (Wildman–Crippen MR) is 87.2 cm³/mol. The second kappa shape index (κ2) is 7.38. The Kier molecular flexibility index (Phi) is 5.04. The van der Waals surface area contributed by atoms with Gasteiger partial charge in [0.15, 0.2) is 11.0 Å². The van der Waals surface area contributed by atoms with Crippen LogP contribution in [0.1, 0.15) is 24.9 Å². The number of aliphatic hydroxyl groups is 1. The van der Waals surface area contributed by atoms with E-state index in [1.807, 2.05) is 34.9 Å². The fourth-order valence-corrected chi connectivity index (χ4v) is 3.04. The summed E-state index contributed by atoms with van der Waals surface area (Å²) in [4.78, 5) is 1.62. The van der Waals surface area contributed by atoms with Crippen LogP contribution in [0.15, 0.2) is 41.7 Å². The van der Waals surface area contributed by atoms with E-state index < -0.39 is 0 Å². The number of aromatic nitrogens is 6. The van der Waals surface area contributed by atoms with Gasteiger partial charge in [0.2, 0.25) is 0 Å². The molecular weight excluding hydrogens is 312 g/mol. The lowest BCUT2D eigenvalue weighted by molar-refractivity contribution is 0.263. The summed E-state index contributed by atoms with van der Waals surface area (Å²) in [5, 5.41) is 27.0. The van der Waals surface area contributed by atoms with Crippen molar-refractivity contribution >= 4 is 11.8 Å². The molecular formula is C15H18N6OS. The van der Waals surface area contributed by atoms with E-state index in [4.69, 9.17) is 0 Å². The number of para-hydroxylation sites is 1. The van der Waals surface area contributed by atoms with Crippen LogP contribution in [0.5, 0.6) is 0 Å². The Morgan fingerprint density at radius 1 is 1.17 bits per heavy atom. The van der Waals surface area contributed by atoms with Crippen LogP contribution in [-0.4, -0.2) is 34.9 Å². The maximum Gasteiger partial charge on any atom is 0.191 e. The van der Waals surface area contributed by atoms with Crippen LogP contribution in [0.2, 0.25) is 0 Å². The van der Waals surface area contributed by atoms with E-state index in [-0.39, 0.29) is 6.61 Å². The highest BCUT2D eigenvalue weighted by molar-refractivity contribution is 7.98. The van der Waals surface area contributed by atoms with Gasteiger partial charge in [-0.05, 0) is 18.6 Å². The topological polar surface area (TPSA) is 81.6 Å². The largest absolute Gasteiger partial charge is 0.388 e. The zero-order valence-corrected chi connectivity index (χ0v) is 13.6. The molecule has 120 valence electrons. The van der Waals surface area contributed by atoms with Crippen molar-refractivity contribution in [3.05, 3.63) is 48.0 Å². The van der Waals surface area contributed by atoms with Crippen molar-refractivity contribution in [1.29, 1.82) is 0 Å². The molecule has 0 radical (unpaired) electrons. The molecule has 0 saturated carbocycles. The van der Waals surface area contributed by atoms with Gasteiger partial charge < -0.3 is 9.67 Å². The minimum absolute atomic E-state index is 0.0995. The summed E-state index contributed by atoms with van der Waals surface area (Å²) >= 11 is 1.55. The summed E-state index contributed by atoms with van der Waals surface area (Å²) in [7, 11) is 0. The highest BCUT2D eigenvalue weighted by atomic mass is 32.2. The van der Waals surface area contributed by atoms with Gasteiger partial charge >= 0.3 is 0 Å². The predicted octanol–water partition coefficient (Wildman–Crippen LogP) is 2.05. The van der Waals surface area contributed by atoms with Gasteiger partial charge in [-0.25, -0.2) is 0 Å². The molecule has 2 heterocycles. The Labute approximate surface area is 138 Å². The van der Waals surface area contributed by atoms with Gasteiger partial charge in [-0.1, -0.05) is 36.9 Å². The Hall–Kier alpha value is -2.19. The summed E-state index contributed by atoms with van der Waals surface area (Å²) in [6.07, 6.45) is 2.72. The van der Waals surface area contributed by atoms with Crippen LogP contribution in [0, 0.1) is 0 Å². The molecule has 0 saturated heterocycles. The van der Waals surface area contributed by atoms with Crippen LogP contribution in [0.25, 0.3) is 5.69 Å². The lowest BCUT2D eigenvalue weighted by Crippen LogP contribution is -2.04. The second-order valence-corrected chi connectivity index (χ2v) is 5.90. The fourth-order valence-electron chi connectivity index (χ4n) is 2.18. The van der Waals surface area contributed by atoms with E-state index in [1.54, 1.807) is 22.8 Å². The van der Waals surface area contributed by atoms with Crippen molar-refractivity contribution in [2.75, 3.05) is 0 Å². The van der Waals surface area contributed by atoms with Crippen LogP contribution in [-0.2, 0) is 18.9 Å². The summed E-state index contributed by atoms with van der Waals surface area (Å²) in [6, 6.07) is 9.79. The molecule has 0 unspecified atom stereocenters. The first-order valence-corrected chi connectivity index (χ1v) is 8.42. The highest BCUT2D eigenvalue weighted by Gasteiger charge is 2.12. The van der Waals surface area contributed by atoms with E-state index >= 15 is 0 Å². The number of nitrogens with zero attached hydrogens (tertiary/aromatic N) is 6. The van der Waals surface area contributed by atoms with E-state index in [2.05, 4.69) is 27.3 Å². The monoisotopic (exact) mass is 330 g/mol. The molecule has 0 aliphatic heterocycles. The Morgan fingerprint density at radius 3 is 2.74 bits per heavy atom. The van der Waals surface area contributed by atoms with Gasteiger partial charge in [0.05, 0.1) is 17.6 Å². The number of aliphatic hydroxyl groups excluding tert-OH is 1. The van der Waals surface area contributed by atoms with Crippen molar-refractivity contribution in [2.24, 2.45) is 0 Å². The molecule has 3 rings (SSSR count). The molecule has 1 N–H and O–H groups in total. The standard InChI is InChI=1S/C15H18N6OS/c1-2-8-20-14(10-22)17-18-15(20)23-11-12-9-16-21(19-12)13-6-4-3-5-7-13/h3-7,9,22H,2,8,10-11H2,1H3. The van der Waals surface area contributed by atoms with Crippen molar-refractivity contribution in [3.63, 3.8) is 0 Å². The van der Waals surface area contributed by atoms with Crippen molar-refractivity contribution in [1.82, 2.24) is 29.8 Å². The smallest absolute Gasteiger partial charge is 0.191 e. The number of benzene rings is 1. The number of hydrogen-bond acceptors (Lipinski definition) is 6. The minimum Gasteiger partial charge on any atom is -0.388 e. The molecule has 0 amide bonds. The molecule has 0 aliphatic carbocycles. The zero-order chi connectivity index (χ0) is 16.1. The molecule has 1 aromatic carbocycles. The van der Waals surface area contributed by atoms with Crippen molar-refractivity contribution < 1.29 is 5.11 Å². The first-order valence-electron chi connectivity index (χ1n) is 7.44. The highest BCUT2D eigenvalue weighted by Crippen LogP contribution is 2.21. The third-order valence-electron chi connectivity index (χ3n) is 3.26. The van der Waals surface area contributed by atoms with Crippen molar-refractivity contribution in [3.8, 4) is 5.69 Å². The summed E-state index contributed by atoms with van der Waals surface area (Å²) in [6.45, 7) is 2.78. The lowest BCUT2D eigenvalue weighted by atomic mass is 10.3. The molecule has 0 fully saturated rings. The Balaban J connectivity index is 1.70. The van der Waals surface area contributed by atoms with E-state index in [0.717, 1.165) is 29.5 Å². The molecule has 8 heteroatoms. The Bertz CT molecular complexity index is 754. The first-order chi connectivity index (χ1) is 11.3. The van der Waals surface area contributed by atoms with Crippen molar-refractivity contribution in [2.45, 2.75) is 37.4 Å². The van der Waals surface area contributed by atoms with E-state index in [9.17, 15) is 5.11 Å². The second-order valence-electron chi connectivity index (χ2n) is 4.96. The quantitative estimate of drug-likeness (QED) is 0.668. The van der Waals surface area contributed by atoms with E-state index in [1.165, 1.54) is 0 Å². The molecule has 23 heavy (non-hydrogen) atoms. The molecule has 0 atom stereocenters. The fraction of sp³-hybridized carbons (Fsp3) is 0.333. The SMILES string of the molecule is CCCn1c(CO)nnc1SCc1cnn(-c2ccccc2)n1. The van der Waals surface area contributed by atoms with Gasteiger partial charge in [-0.2, -0.15) is 15.0 Å². The average molecular weight is 330 g/mol. The molecule has 3 aromatic rings. The number of hydrogen-bond donors (Lipinski definition) is 1. The van der Waals surface area contributed by atoms with Crippen LogP contribution < -0.4 is 0 Å². The van der Waals surface area contributed by atoms with Crippen LogP contribution >= 0.6 is 11.8 Å². The minimum atomic E-state index is -0.0995. The third kappa shape index (κ3) is 3.59. The zero-order valence-electron chi connectivity index (χ0n) is 12.8. The maximum atomic E-state index is 9.31. The van der Waals surface area contributed by atoms with Gasteiger partial charge in [0.25, 0.3) is 0 Å². The molecule has 0 bridgehead atoms. The third-order valence-corrected chi connectivity index (χ3v) is 4.26. The van der Waals surface area contributed by atoms with Crippen LogP contribution in [0.4, 0.5) is 0 Å². The number of thioether (sulfide) groups is 1. The van der Waals surface area contributed by atoms with Gasteiger partial charge in [-0.3, -0.25) is 0 Å². The summed E-state index contributed by atoms with van der Waals surface area (Å²) in [5.41, 5.74) is 1.80. The van der Waals surface area contributed by atoms with E-state index in [0.29, 0.717) is 11.6 Å². The maximum absolute atomic E-state index is 9.31. The number of rotatable bonds is 7. The lowest BCUT2D eigenvalue weighted by Gasteiger charge is -2.06. The molecule has 7 nitrogen and oxygen atoms in total. The Morgan fingerprint density at radius 2 is 2.00 bits per heavy atom. The first kappa shape index (κ1) is 15.7. The molecule has 0 spiro atoms. The molecule has 0 aliphatic rings. The van der Waals surface area contributed by atoms with Gasteiger partial charge in [0.1, 0.15) is 6.61 Å².